The Morgan fingerprint density at radius 2 is 2.05 bits per heavy atom. The molecule has 1 atom stereocenters. The molecule has 0 spiro atoms. The van der Waals surface area contributed by atoms with Crippen LogP contribution in [0.4, 0.5) is 5.69 Å². The van der Waals surface area contributed by atoms with Gasteiger partial charge in [-0.2, -0.15) is 0 Å². The predicted molar refractivity (Wildman–Crippen MR) is 77.2 cm³/mol. The van der Waals surface area contributed by atoms with E-state index in [-0.39, 0.29) is 26.7 Å². The lowest BCUT2D eigenvalue weighted by Crippen LogP contribution is -2.33. The summed E-state index contributed by atoms with van der Waals surface area (Å²) < 4.78 is 31.7. The molecule has 1 unspecified atom stereocenters. The quantitative estimate of drug-likeness (QED) is 0.786. The second-order valence-electron chi connectivity index (χ2n) is 4.08. The summed E-state index contributed by atoms with van der Waals surface area (Å²) in [6, 6.07) is 2.45. The van der Waals surface area contributed by atoms with Crippen molar-refractivity contribution in [3.8, 4) is 0 Å². The maximum absolute atomic E-state index is 12.2. The fourth-order valence-electron chi connectivity index (χ4n) is 1.44. The minimum absolute atomic E-state index is 0.0516. The van der Waals surface area contributed by atoms with Crippen LogP contribution in [0, 0.1) is 0 Å². The molecule has 0 aliphatic rings. The second-order valence-corrected chi connectivity index (χ2v) is 6.54. The van der Waals surface area contributed by atoms with Crippen LogP contribution in [0.5, 0.6) is 0 Å². The molecular formula is C11H16Cl2N2O3S. The van der Waals surface area contributed by atoms with Crippen molar-refractivity contribution in [2.24, 2.45) is 0 Å². The Morgan fingerprint density at radius 3 is 2.63 bits per heavy atom. The summed E-state index contributed by atoms with van der Waals surface area (Å²) in [5, 5.41) is 0.148. The van der Waals surface area contributed by atoms with E-state index in [9.17, 15) is 8.42 Å². The molecule has 0 aromatic heterocycles. The van der Waals surface area contributed by atoms with Crippen molar-refractivity contribution in [1.29, 1.82) is 0 Å². The maximum atomic E-state index is 12.2. The lowest BCUT2D eigenvalue weighted by Gasteiger charge is -2.15. The van der Waals surface area contributed by atoms with Gasteiger partial charge in [0.15, 0.2) is 0 Å². The van der Waals surface area contributed by atoms with Gasteiger partial charge in [0, 0.05) is 19.8 Å². The van der Waals surface area contributed by atoms with Gasteiger partial charge < -0.3 is 10.5 Å². The summed E-state index contributed by atoms with van der Waals surface area (Å²) in [4.78, 5) is -0.0830. The van der Waals surface area contributed by atoms with Crippen molar-refractivity contribution in [2.45, 2.75) is 24.3 Å². The summed E-state index contributed by atoms with van der Waals surface area (Å²) in [6.45, 7) is 2.20. The van der Waals surface area contributed by atoms with Gasteiger partial charge in [0.1, 0.15) is 4.90 Å². The topological polar surface area (TPSA) is 81.4 Å². The Labute approximate surface area is 123 Å². The van der Waals surface area contributed by atoms with E-state index in [0.717, 1.165) is 0 Å². The van der Waals surface area contributed by atoms with Gasteiger partial charge in [0.05, 0.1) is 15.7 Å². The molecule has 108 valence electrons. The highest BCUT2D eigenvalue weighted by Gasteiger charge is 2.22. The highest BCUT2D eigenvalue weighted by Crippen LogP contribution is 2.33. The summed E-state index contributed by atoms with van der Waals surface area (Å²) in [6.07, 6.45) is 0.552. The Morgan fingerprint density at radius 1 is 1.42 bits per heavy atom. The largest absolute Gasteiger partial charge is 0.396 e. The molecule has 0 aliphatic carbocycles. The summed E-state index contributed by atoms with van der Waals surface area (Å²) in [5.74, 6) is 0. The third kappa shape index (κ3) is 4.22. The third-order valence-electron chi connectivity index (χ3n) is 2.49. The van der Waals surface area contributed by atoms with Gasteiger partial charge in [0.25, 0.3) is 0 Å². The maximum Gasteiger partial charge on any atom is 0.242 e. The second kappa shape index (κ2) is 6.76. The number of sulfonamides is 1. The fraction of sp³-hybridized carbons (Fsp3) is 0.455. The van der Waals surface area contributed by atoms with Crippen LogP contribution in [0.3, 0.4) is 0 Å². The number of nitrogens with two attached hydrogens (primary N) is 1. The number of benzene rings is 1. The van der Waals surface area contributed by atoms with E-state index >= 15 is 0 Å². The average molecular weight is 327 g/mol. The monoisotopic (exact) mass is 326 g/mol. The van der Waals surface area contributed by atoms with Crippen molar-refractivity contribution < 1.29 is 13.2 Å². The van der Waals surface area contributed by atoms with Crippen molar-refractivity contribution in [2.75, 3.05) is 19.5 Å². The fourth-order valence-corrected chi connectivity index (χ4v) is 3.48. The SMILES string of the molecule is COCCC(C)NS(=O)(=O)c1ccc(Cl)c(N)c1Cl. The normalized spacial score (nSPS) is 13.5. The van der Waals surface area contributed by atoms with Crippen LogP contribution in [0.15, 0.2) is 17.0 Å². The molecule has 0 aliphatic heterocycles. The van der Waals surface area contributed by atoms with E-state index in [2.05, 4.69) is 4.72 Å². The van der Waals surface area contributed by atoms with E-state index < -0.39 is 10.0 Å². The van der Waals surface area contributed by atoms with Crippen LogP contribution >= 0.6 is 23.2 Å². The molecule has 0 saturated heterocycles. The molecule has 0 saturated carbocycles. The van der Waals surface area contributed by atoms with Crippen molar-refractivity contribution in [3.63, 3.8) is 0 Å². The van der Waals surface area contributed by atoms with Gasteiger partial charge in [-0.3, -0.25) is 0 Å². The average Bonchev–Trinajstić information content (AvgIpc) is 2.32. The van der Waals surface area contributed by atoms with Gasteiger partial charge in [-0.1, -0.05) is 23.2 Å². The highest BCUT2D eigenvalue weighted by atomic mass is 35.5. The van der Waals surface area contributed by atoms with E-state index in [0.29, 0.717) is 13.0 Å². The number of rotatable bonds is 6. The molecule has 8 heteroatoms. The Kier molecular flexibility index (Phi) is 5.88. The zero-order valence-corrected chi connectivity index (χ0v) is 12.9. The zero-order chi connectivity index (χ0) is 14.6. The van der Waals surface area contributed by atoms with Crippen LogP contribution in [-0.2, 0) is 14.8 Å². The summed E-state index contributed by atoms with van der Waals surface area (Å²) in [5.41, 5.74) is 5.67. The lowest BCUT2D eigenvalue weighted by molar-refractivity contribution is 0.188. The minimum Gasteiger partial charge on any atom is -0.396 e. The molecule has 5 nitrogen and oxygen atoms in total. The smallest absolute Gasteiger partial charge is 0.242 e. The number of hydrogen-bond donors (Lipinski definition) is 2. The van der Waals surface area contributed by atoms with E-state index in [4.69, 9.17) is 33.7 Å². The molecule has 1 aromatic carbocycles. The van der Waals surface area contributed by atoms with Crippen molar-refractivity contribution in [3.05, 3.63) is 22.2 Å². The molecule has 0 amide bonds. The highest BCUT2D eigenvalue weighted by molar-refractivity contribution is 7.89. The first kappa shape index (κ1) is 16.5. The molecule has 1 aromatic rings. The summed E-state index contributed by atoms with van der Waals surface area (Å²) >= 11 is 11.7. The molecular weight excluding hydrogens is 311 g/mol. The van der Waals surface area contributed by atoms with Gasteiger partial charge in [0.2, 0.25) is 10.0 Å². The first-order valence-corrected chi connectivity index (χ1v) is 7.78. The molecule has 19 heavy (non-hydrogen) atoms. The first-order valence-electron chi connectivity index (χ1n) is 5.54. The van der Waals surface area contributed by atoms with E-state index in [1.807, 2.05) is 0 Å². The number of methoxy groups -OCH3 is 1. The molecule has 0 radical (unpaired) electrons. The predicted octanol–water partition coefficient (Wildman–Crippen LogP) is 2.28. The molecule has 3 N–H and O–H groups in total. The Bertz CT molecular complexity index is 549. The van der Waals surface area contributed by atoms with Gasteiger partial charge in [-0.15, -0.1) is 0 Å². The standard InChI is InChI=1S/C11H16Cl2N2O3S/c1-7(5-6-18-2)15-19(16,17)9-4-3-8(12)11(14)10(9)13/h3-4,7,15H,5-6,14H2,1-2H3. The van der Waals surface area contributed by atoms with Crippen LogP contribution in [0.2, 0.25) is 10.0 Å². The van der Waals surface area contributed by atoms with Crippen molar-refractivity contribution in [1.82, 2.24) is 4.72 Å². The van der Waals surface area contributed by atoms with Crippen LogP contribution in [-0.4, -0.2) is 28.2 Å². The van der Waals surface area contributed by atoms with Gasteiger partial charge in [-0.25, -0.2) is 13.1 Å². The molecule has 0 bridgehead atoms. The zero-order valence-electron chi connectivity index (χ0n) is 10.6. The number of nitrogens with one attached hydrogen (secondary N) is 1. The summed E-state index contributed by atoms with van der Waals surface area (Å²) in [7, 11) is -2.18. The van der Waals surface area contributed by atoms with Gasteiger partial charge in [-0.05, 0) is 25.5 Å². The number of nitrogen functional groups attached to an aromatic ring is 1. The number of anilines is 1. The number of ether oxygens (including phenoxy) is 1. The number of halogens is 2. The minimum atomic E-state index is -3.74. The number of hydrogen-bond acceptors (Lipinski definition) is 4. The lowest BCUT2D eigenvalue weighted by atomic mass is 10.3. The molecule has 1 rings (SSSR count). The van der Waals surface area contributed by atoms with Crippen LogP contribution < -0.4 is 10.5 Å². The molecule has 0 heterocycles. The van der Waals surface area contributed by atoms with E-state index in [1.54, 1.807) is 14.0 Å². The van der Waals surface area contributed by atoms with Crippen LogP contribution in [0.25, 0.3) is 0 Å². The first-order chi connectivity index (χ1) is 8.79. The van der Waals surface area contributed by atoms with Crippen molar-refractivity contribution >= 4 is 38.9 Å². The van der Waals surface area contributed by atoms with Gasteiger partial charge >= 0.3 is 0 Å². The Balaban J connectivity index is 2.98. The van der Waals surface area contributed by atoms with E-state index in [1.165, 1.54) is 12.1 Å². The third-order valence-corrected chi connectivity index (χ3v) is 4.97. The Hall–Kier alpha value is -0.530. The molecule has 0 fully saturated rings. The van der Waals surface area contributed by atoms with Crippen LogP contribution in [0.1, 0.15) is 13.3 Å².